The number of hydrogen-bond donors (Lipinski definition) is 0. The van der Waals surface area contributed by atoms with Crippen LogP contribution in [0.15, 0.2) is 0 Å². The highest BCUT2D eigenvalue weighted by Gasteiger charge is 2.40. The maximum Gasteiger partial charge on any atom is 0.920 e. The first kappa shape index (κ1) is 23.6. The molecule has 0 aromatic carbocycles. The van der Waals surface area contributed by atoms with Crippen LogP contribution in [0.25, 0.3) is 0 Å². The van der Waals surface area contributed by atoms with Crippen molar-refractivity contribution in [3.63, 3.8) is 0 Å². The summed E-state index contributed by atoms with van der Waals surface area (Å²) in [5.41, 5.74) is 0. The van der Waals surface area contributed by atoms with Crippen molar-refractivity contribution in [2.45, 2.75) is 40.0 Å². The van der Waals surface area contributed by atoms with Crippen LogP contribution in [0.3, 0.4) is 0 Å². The average molecular weight is 390 g/mol. The molecule has 0 aliphatic heterocycles. The Hall–Kier alpha value is 1.58. The first-order chi connectivity index (χ1) is 10.6. The molecule has 3 unspecified atom stereocenters. The second-order valence-electron chi connectivity index (χ2n) is 4.32. The normalized spacial score (nSPS) is 15.5. The van der Waals surface area contributed by atoms with Crippen molar-refractivity contribution in [2.75, 3.05) is 39.8 Å². The highest BCUT2D eigenvalue weighted by Crippen LogP contribution is 2.48. The van der Waals surface area contributed by atoms with Crippen LogP contribution in [0.5, 0.6) is 0 Å². The maximum atomic E-state index is 6.01. The van der Waals surface area contributed by atoms with Crippen LogP contribution in [0.2, 0.25) is 0 Å². The maximum absolute atomic E-state index is 6.01. The smallest absolute Gasteiger partial charge is 0.411 e. The Balaban J connectivity index is 4.71. The van der Waals surface area contributed by atoms with Gasteiger partial charge in [0.25, 0.3) is 0 Å². The van der Waals surface area contributed by atoms with Crippen molar-refractivity contribution < 1.29 is 24.3 Å². The molecule has 0 saturated heterocycles. The van der Waals surface area contributed by atoms with E-state index >= 15 is 0 Å². The van der Waals surface area contributed by atoms with Gasteiger partial charge < -0.3 is 24.3 Å². The van der Waals surface area contributed by atoms with E-state index in [9.17, 15) is 0 Å². The van der Waals surface area contributed by atoms with Gasteiger partial charge in [0.05, 0.1) is 0 Å². The Labute approximate surface area is 144 Å². The third-order valence-corrected chi connectivity index (χ3v) is 11.0. The van der Waals surface area contributed by atoms with E-state index in [0.29, 0.717) is 0 Å². The summed E-state index contributed by atoms with van der Waals surface area (Å²) in [5, 5.41) is 0. The monoisotopic (exact) mass is 390 g/mol. The lowest BCUT2D eigenvalue weighted by atomic mass is 10.6. The number of rotatable bonds is 15. The third kappa shape index (κ3) is 11.2. The van der Waals surface area contributed by atoms with Gasteiger partial charge in [-0.3, -0.25) is 0 Å². The summed E-state index contributed by atoms with van der Waals surface area (Å²) in [6, 6.07) is 0. The van der Waals surface area contributed by atoms with Gasteiger partial charge in [0.2, 0.25) is 0 Å². The quantitative estimate of drug-likeness (QED) is 0.286. The Morgan fingerprint density at radius 3 is 1.05 bits per heavy atom. The standard InChI is InChI=1S/3C4H10O2P.Al/c3*1-3-4-7(5)6-2;/h3*3-4H2,1-2H3;/q3*-1;+3. The summed E-state index contributed by atoms with van der Waals surface area (Å²) in [6.45, 7) is 6.32. The summed E-state index contributed by atoms with van der Waals surface area (Å²) in [5.74, 6) is 0. The molecule has 0 aromatic rings. The van der Waals surface area contributed by atoms with E-state index in [2.05, 4.69) is 20.8 Å². The topological polar surface area (TPSA) is 55.4 Å². The zero-order valence-electron chi connectivity index (χ0n) is 14.6. The van der Waals surface area contributed by atoms with Gasteiger partial charge in [-0.15, -0.1) is 0 Å². The molecule has 0 aliphatic carbocycles. The lowest BCUT2D eigenvalue weighted by Gasteiger charge is -2.25. The first-order valence-corrected chi connectivity index (χ1v) is 13.1. The first-order valence-electron chi connectivity index (χ1n) is 7.60. The lowest BCUT2D eigenvalue weighted by molar-refractivity contribution is 0.271. The van der Waals surface area contributed by atoms with Gasteiger partial charge in [0, 0.05) is 39.8 Å². The molecule has 0 N–H and O–H groups in total. The fraction of sp³-hybridized carbons (Fsp3) is 1.00. The van der Waals surface area contributed by atoms with Crippen molar-refractivity contribution >= 4 is 40.3 Å². The van der Waals surface area contributed by atoms with Crippen LogP contribution >= 0.6 is 25.1 Å². The third-order valence-electron chi connectivity index (χ3n) is 2.44. The summed E-state index contributed by atoms with van der Waals surface area (Å²) in [6.07, 6.45) is 5.63. The SMILES string of the molecule is CCCP(OC)[O][Al]([O]P(CCC)OC)[O]P(CCC)OC. The minimum absolute atomic E-state index is 0.874. The predicted molar refractivity (Wildman–Crippen MR) is 96.3 cm³/mol. The van der Waals surface area contributed by atoms with Crippen LogP contribution in [-0.2, 0) is 24.3 Å². The zero-order chi connectivity index (χ0) is 16.8. The number of hydrogen-bond acceptors (Lipinski definition) is 6. The predicted octanol–water partition coefficient (Wildman–Crippen LogP) is 5.13. The summed E-state index contributed by atoms with van der Waals surface area (Å²) in [4.78, 5) is 0. The fourth-order valence-corrected chi connectivity index (χ4v) is 9.20. The van der Waals surface area contributed by atoms with Gasteiger partial charge in [-0.1, -0.05) is 20.8 Å². The van der Waals surface area contributed by atoms with Gasteiger partial charge in [-0.05, 0) is 19.3 Å². The summed E-state index contributed by atoms with van der Waals surface area (Å²) >= 11 is -2.34. The van der Waals surface area contributed by atoms with Gasteiger partial charge in [-0.25, -0.2) is 0 Å². The molecule has 0 amide bonds. The van der Waals surface area contributed by atoms with E-state index < -0.39 is 40.3 Å². The molecular formula is C12H30AlO6P3. The van der Waals surface area contributed by atoms with Gasteiger partial charge in [0.15, 0.2) is 0 Å². The summed E-state index contributed by atoms with van der Waals surface area (Å²) in [7, 11) is 2.11. The van der Waals surface area contributed by atoms with E-state index in [4.69, 9.17) is 24.3 Å². The molecule has 3 atom stereocenters. The molecule has 22 heavy (non-hydrogen) atoms. The molecule has 0 saturated carbocycles. The minimum atomic E-state index is -2.34. The summed E-state index contributed by atoms with van der Waals surface area (Å²) < 4.78 is 34.3. The molecule has 0 spiro atoms. The zero-order valence-corrected chi connectivity index (χ0v) is 18.4. The van der Waals surface area contributed by atoms with E-state index in [1.54, 1.807) is 21.3 Å². The van der Waals surface area contributed by atoms with Crippen LogP contribution < -0.4 is 0 Å². The average Bonchev–Trinajstić information content (AvgIpc) is 2.53. The second-order valence-corrected chi connectivity index (χ2v) is 11.9. The molecule has 0 heterocycles. The van der Waals surface area contributed by atoms with Gasteiger partial charge in [-0.2, -0.15) is 0 Å². The van der Waals surface area contributed by atoms with E-state index in [-0.39, 0.29) is 0 Å². The van der Waals surface area contributed by atoms with Crippen molar-refractivity contribution in [3.8, 4) is 0 Å². The highest BCUT2D eigenvalue weighted by molar-refractivity contribution is 7.52. The minimum Gasteiger partial charge on any atom is -0.411 e. The van der Waals surface area contributed by atoms with Gasteiger partial charge in [0.1, 0.15) is 25.1 Å². The van der Waals surface area contributed by atoms with Crippen LogP contribution in [0.1, 0.15) is 40.0 Å². The Morgan fingerprint density at radius 2 is 0.864 bits per heavy atom. The fourth-order valence-electron chi connectivity index (χ4n) is 1.45. The lowest BCUT2D eigenvalue weighted by Crippen LogP contribution is -2.23. The van der Waals surface area contributed by atoms with Crippen molar-refractivity contribution in [1.82, 2.24) is 0 Å². The molecule has 0 aromatic heterocycles. The van der Waals surface area contributed by atoms with Crippen molar-refractivity contribution in [2.24, 2.45) is 0 Å². The van der Waals surface area contributed by atoms with Crippen LogP contribution in [-0.4, -0.2) is 55.0 Å². The van der Waals surface area contributed by atoms with E-state index in [0.717, 1.165) is 37.7 Å². The molecular weight excluding hydrogens is 360 g/mol. The Morgan fingerprint density at radius 1 is 0.591 bits per heavy atom. The van der Waals surface area contributed by atoms with Crippen LogP contribution in [0, 0.1) is 0 Å². The molecule has 0 radical (unpaired) electrons. The molecule has 0 fully saturated rings. The van der Waals surface area contributed by atoms with E-state index in [1.165, 1.54) is 0 Å². The largest absolute Gasteiger partial charge is 0.920 e. The highest BCUT2D eigenvalue weighted by atomic mass is 31.2. The Kier molecular flexibility index (Phi) is 17.2. The molecule has 0 rings (SSSR count). The molecule has 0 bridgehead atoms. The Bertz CT molecular complexity index is 217. The molecule has 10 heteroatoms. The molecule has 0 aliphatic rings. The van der Waals surface area contributed by atoms with Crippen molar-refractivity contribution in [1.29, 1.82) is 0 Å². The molecule has 132 valence electrons. The van der Waals surface area contributed by atoms with Crippen LogP contribution in [0.4, 0.5) is 0 Å². The molecule has 6 nitrogen and oxygen atoms in total. The van der Waals surface area contributed by atoms with E-state index in [1.807, 2.05) is 0 Å². The van der Waals surface area contributed by atoms with Gasteiger partial charge >= 0.3 is 15.1 Å². The van der Waals surface area contributed by atoms with Crippen molar-refractivity contribution in [3.05, 3.63) is 0 Å². The second kappa shape index (κ2) is 16.1.